The fraction of sp³-hybridized carbons (Fsp3) is 1.00. The van der Waals surface area contributed by atoms with Gasteiger partial charge in [0.1, 0.15) is 0 Å². The second kappa shape index (κ2) is 4.60. The van der Waals surface area contributed by atoms with Crippen LogP contribution in [0.3, 0.4) is 0 Å². The number of hydrogen-bond donors (Lipinski definition) is 1. The van der Waals surface area contributed by atoms with Crippen LogP contribution in [0.1, 0.15) is 27.7 Å². The molecule has 0 spiro atoms. The van der Waals surface area contributed by atoms with Gasteiger partial charge in [-0.25, -0.2) is 8.42 Å². The first-order valence-corrected chi connectivity index (χ1v) is 7.06. The quantitative estimate of drug-likeness (QED) is 0.774. The second-order valence-electron chi connectivity index (χ2n) is 5.12. The second-order valence-corrected chi connectivity index (χ2v) is 7.61. The zero-order valence-corrected chi connectivity index (χ0v) is 11.3. The van der Waals surface area contributed by atoms with Crippen molar-refractivity contribution in [2.24, 2.45) is 5.73 Å². The molecular weight excluding hydrogens is 228 g/mol. The first kappa shape index (κ1) is 13.9. The lowest BCUT2D eigenvalue weighted by atomic mass is 10.1. The van der Waals surface area contributed by atoms with Gasteiger partial charge in [0.15, 0.2) is 0 Å². The van der Waals surface area contributed by atoms with Gasteiger partial charge in [0.25, 0.3) is 0 Å². The van der Waals surface area contributed by atoms with Crippen molar-refractivity contribution in [3.05, 3.63) is 0 Å². The van der Waals surface area contributed by atoms with Crippen LogP contribution >= 0.6 is 0 Å². The van der Waals surface area contributed by atoms with Crippen LogP contribution < -0.4 is 5.73 Å². The van der Waals surface area contributed by atoms with E-state index in [1.807, 2.05) is 13.8 Å². The van der Waals surface area contributed by atoms with E-state index in [1.165, 1.54) is 4.31 Å². The van der Waals surface area contributed by atoms with Crippen LogP contribution in [0.5, 0.6) is 0 Å². The molecule has 0 aromatic heterocycles. The summed E-state index contributed by atoms with van der Waals surface area (Å²) in [5, 5.41) is -0.403. The maximum absolute atomic E-state index is 12.1. The molecule has 0 radical (unpaired) electrons. The van der Waals surface area contributed by atoms with Gasteiger partial charge in [-0.3, -0.25) is 0 Å². The minimum absolute atomic E-state index is 0.211. The third-order valence-corrected chi connectivity index (χ3v) is 4.86. The van der Waals surface area contributed by atoms with Crippen molar-refractivity contribution in [1.29, 1.82) is 0 Å². The van der Waals surface area contributed by atoms with E-state index in [0.717, 1.165) is 0 Å². The molecule has 1 unspecified atom stereocenters. The fourth-order valence-electron chi connectivity index (χ4n) is 1.86. The lowest BCUT2D eigenvalue weighted by Crippen LogP contribution is -2.57. The summed E-state index contributed by atoms with van der Waals surface area (Å²) in [7, 11) is -3.22. The molecule has 0 aromatic carbocycles. The van der Waals surface area contributed by atoms with E-state index in [1.54, 1.807) is 13.8 Å². The molecule has 6 heteroatoms. The summed E-state index contributed by atoms with van der Waals surface area (Å²) in [6, 6.07) is 0. The topological polar surface area (TPSA) is 72.6 Å². The number of rotatable bonds is 3. The summed E-state index contributed by atoms with van der Waals surface area (Å²) in [5.41, 5.74) is 5.09. The molecule has 96 valence electrons. The summed E-state index contributed by atoms with van der Waals surface area (Å²) in [4.78, 5) is 0. The Labute approximate surface area is 98.0 Å². The monoisotopic (exact) mass is 250 g/mol. The predicted octanol–water partition coefficient (Wildman–Crippen LogP) is 0.163. The Bertz CT molecular complexity index is 338. The number of hydrogen-bond acceptors (Lipinski definition) is 4. The number of nitrogens with zero attached hydrogens (tertiary/aromatic N) is 1. The van der Waals surface area contributed by atoms with E-state index in [4.69, 9.17) is 10.5 Å². The maximum atomic E-state index is 12.1. The van der Waals surface area contributed by atoms with Gasteiger partial charge in [0.05, 0.1) is 17.0 Å². The summed E-state index contributed by atoms with van der Waals surface area (Å²) >= 11 is 0. The van der Waals surface area contributed by atoms with Gasteiger partial charge in [-0.1, -0.05) is 0 Å². The molecule has 0 aromatic rings. The van der Waals surface area contributed by atoms with Crippen molar-refractivity contribution in [1.82, 2.24) is 4.31 Å². The van der Waals surface area contributed by atoms with E-state index in [0.29, 0.717) is 19.6 Å². The molecule has 0 amide bonds. The van der Waals surface area contributed by atoms with Crippen molar-refractivity contribution < 1.29 is 13.2 Å². The Hall–Kier alpha value is -0.170. The number of nitrogens with two attached hydrogens (primary N) is 1. The van der Waals surface area contributed by atoms with Gasteiger partial charge >= 0.3 is 0 Å². The molecule has 0 bridgehead atoms. The average molecular weight is 250 g/mol. The van der Waals surface area contributed by atoms with Gasteiger partial charge in [0.2, 0.25) is 10.0 Å². The number of sulfonamides is 1. The van der Waals surface area contributed by atoms with Crippen LogP contribution in [0, 0.1) is 0 Å². The Balaban J connectivity index is 2.90. The summed E-state index contributed by atoms with van der Waals surface area (Å²) < 4.78 is 31.3. The van der Waals surface area contributed by atoms with E-state index in [-0.39, 0.29) is 6.10 Å². The van der Waals surface area contributed by atoms with Crippen LogP contribution in [0.15, 0.2) is 0 Å². The third-order valence-electron chi connectivity index (χ3n) is 2.67. The highest BCUT2D eigenvalue weighted by Crippen LogP contribution is 2.24. The molecular formula is C10H22N2O3S. The first-order valence-electron chi connectivity index (χ1n) is 5.56. The van der Waals surface area contributed by atoms with Crippen molar-refractivity contribution >= 4 is 10.0 Å². The van der Waals surface area contributed by atoms with Crippen molar-refractivity contribution in [2.75, 3.05) is 19.6 Å². The van der Waals surface area contributed by atoms with Crippen molar-refractivity contribution in [3.8, 4) is 0 Å². The summed E-state index contributed by atoms with van der Waals surface area (Å²) in [6.45, 7) is 8.25. The molecule has 1 rings (SSSR count). The van der Waals surface area contributed by atoms with Gasteiger partial charge < -0.3 is 10.5 Å². The Morgan fingerprint density at radius 3 is 2.50 bits per heavy atom. The zero-order chi connectivity index (χ0) is 12.6. The molecule has 0 saturated carbocycles. The highest BCUT2D eigenvalue weighted by molar-refractivity contribution is 7.89. The minimum Gasteiger partial charge on any atom is -0.368 e. The Morgan fingerprint density at radius 2 is 2.06 bits per heavy atom. The summed E-state index contributed by atoms with van der Waals surface area (Å²) in [5.74, 6) is 0. The fourth-order valence-corrected chi connectivity index (χ4v) is 3.32. The standard InChI is InChI=1S/C10H22N2O3S/c1-8(2)16(13,14)12-6-9(5-11)15-10(3,4)7-12/h8-9H,5-7,11H2,1-4H3. The number of ether oxygens (including phenoxy) is 1. The molecule has 0 aliphatic carbocycles. The zero-order valence-electron chi connectivity index (χ0n) is 10.4. The Kier molecular flexibility index (Phi) is 3.99. The molecule has 2 N–H and O–H groups in total. The smallest absolute Gasteiger partial charge is 0.216 e. The van der Waals surface area contributed by atoms with Crippen LogP contribution in [-0.4, -0.2) is 49.3 Å². The van der Waals surface area contributed by atoms with E-state index in [2.05, 4.69) is 0 Å². The minimum atomic E-state index is -3.22. The normalized spacial score (nSPS) is 27.2. The highest BCUT2D eigenvalue weighted by Gasteiger charge is 2.39. The highest BCUT2D eigenvalue weighted by atomic mass is 32.2. The predicted molar refractivity (Wildman–Crippen MR) is 63.6 cm³/mol. The van der Waals surface area contributed by atoms with E-state index < -0.39 is 20.9 Å². The van der Waals surface area contributed by atoms with Gasteiger partial charge in [-0.05, 0) is 27.7 Å². The average Bonchev–Trinajstić information content (AvgIpc) is 2.14. The largest absolute Gasteiger partial charge is 0.368 e. The van der Waals surface area contributed by atoms with Crippen LogP contribution in [0.25, 0.3) is 0 Å². The molecule has 1 atom stereocenters. The lowest BCUT2D eigenvalue weighted by molar-refractivity contribution is -0.112. The molecule has 5 nitrogen and oxygen atoms in total. The molecule has 16 heavy (non-hydrogen) atoms. The Morgan fingerprint density at radius 1 is 1.50 bits per heavy atom. The molecule has 1 fully saturated rings. The molecule has 1 heterocycles. The van der Waals surface area contributed by atoms with Crippen LogP contribution in [-0.2, 0) is 14.8 Å². The summed E-state index contributed by atoms with van der Waals surface area (Å²) in [6.07, 6.45) is -0.211. The van der Waals surface area contributed by atoms with E-state index in [9.17, 15) is 8.42 Å². The third kappa shape index (κ3) is 2.94. The van der Waals surface area contributed by atoms with Gasteiger partial charge in [0, 0.05) is 19.6 Å². The van der Waals surface area contributed by atoms with Crippen molar-refractivity contribution in [3.63, 3.8) is 0 Å². The van der Waals surface area contributed by atoms with Gasteiger partial charge in [-0.15, -0.1) is 0 Å². The number of morpholine rings is 1. The lowest BCUT2D eigenvalue weighted by Gasteiger charge is -2.42. The molecule has 1 aliphatic rings. The van der Waals surface area contributed by atoms with E-state index >= 15 is 0 Å². The SMILES string of the molecule is CC(C)S(=O)(=O)N1CC(CN)OC(C)(C)C1. The van der Waals surface area contributed by atoms with Crippen LogP contribution in [0.4, 0.5) is 0 Å². The maximum Gasteiger partial charge on any atom is 0.216 e. The molecule has 1 aliphatic heterocycles. The van der Waals surface area contributed by atoms with Crippen molar-refractivity contribution in [2.45, 2.75) is 44.6 Å². The molecule has 1 saturated heterocycles. The van der Waals surface area contributed by atoms with Crippen LogP contribution in [0.2, 0.25) is 0 Å². The van der Waals surface area contributed by atoms with Gasteiger partial charge in [-0.2, -0.15) is 4.31 Å². The first-order chi connectivity index (χ1) is 7.19.